The fourth-order valence-electron chi connectivity index (χ4n) is 3.35. The quantitative estimate of drug-likeness (QED) is 0.847. The van der Waals surface area contributed by atoms with Crippen LogP contribution in [-0.2, 0) is 0 Å². The molecule has 3 heteroatoms. The summed E-state index contributed by atoms with van der Waals surface area (Å²) in [6.07, 6.45) is 5.90. The van der Waals surface area contributed by atoms with Crippen LogP contribution >= 0.6 is 0 Å². The molecule has 92 valence electrons. The summed E-state index contributed by atoms with van der Waals surface area (Å²) >= 11 is 0. The second-order valence-electron chi connectivity index (χ2n) is 5.37. The van der Waals surface area contributed by atoms with Gasteiger partial charge in [-0.25, -0.2) is 0 Å². The molecule has 2 aliphatic rings. The Morgan fingerprint density at radius 2 is 2.18 bits per heavy atom. The van der Waals surface area contributed by atoms with E-state index in [4.69, 9.17) is 0 Å². The normalized spacial score (nSPS) is 28.4. The van der Waals surface area contributed by atoms with E-state index in [0.717, 1.165) is 11.7 Å². The van der Waals surface area contributed by atoms with Crippen molar-refractivity contribution >= 4 is 5.69 Å². The van der Waals surface area contributed by atoms with Crippen molar-refractivity contribution in [1.82, 2.24) is 9.88 Å². The van der Waals surface area contributed by atoms with Crippen molar-refractivity contribution < 1.29 is 0 Å². The van der Waals surface area contributed by atoms with Crippen LogP contribution in [0.3, 0.4) is 0 Å². The molecule has 3 rings (SSSR count). The average molecular weight is 231 g/mol. The number of hydrogen-bond acceptors (Lipinski definition) is 3. The minimum absolute atomic E-state index is 0.624. The lowest BCUT2D eigenvalue weighted by Crippen LogP contribution is -2.34. The lowest BCUT2D eigenvalue weighted by atomic mass is 10.1. The highest BCUT2D eigenvalue weighted by molar-refractivity contribution is 5.54. The van der Waals surface area contributed by atoms with E-state index in [-0.39, 0.29) is 0 Å². The number of rotatable bonds is 2. The molecule has 2 aliphatic heterocycles. The number of pyridine rings is 1. The van der Waals surface area contributed by atoms with Crippen molar-refractivity contribution in [3.63, 3.8) is 0 Å². The maximum atomic E-state index is 4.39. The zero-order valence-electron chi connectivity index (χ0n) is 10.7. The Balaban J connectivity index is 1.79. The summed E-state index contributed by atoms with van der Waals surface area (Å²) < 4.78 is 0. The summed E-state index contributed by atoms with van der Waals surface area (Å²) in [6, 6.07) is 3.48. The van der Waals surface area contributed by atoms with E-state index < -0.39 is 0 Å². The maximum Gasteiger partial charge on any atom is 0.0606 e. The van der Waals surface area contributed by atoms with Crippen LogP contribution in [0.1, 0.15) is 30.5 Å². The summed E-state index contributed by atoms with van der Waals surface area (Å²) in [5.74, 6) is 0. The van der Waals surface area contributed by atoms with Gasteiger partial charge in [-0.2, -0.15) is 0 Å². The molecule has 3 nitrogen and oxygen atoms in total. The Bertz CT molecular complexity index is 396. The summed E-state index contributed by atoms with van der Waals surface area (Å²) in [5.41, 5.74) is 3.70. The minimum atomic E-state index is 0.624. The lowest BCUT2D eigenvalue weighted by Gasteiger charge is -2.23. The fraction of sp³-hybridized carbons (Fsp3) is 0.643. The first-order chi connectivity index (χ1) is 8.25. The van der Waals surface area contributed by atoms with Crippen LogP contribution in [0.5, 0.6) is 0 Å². The summed E-state index contributed by atoms with van der Waals surface area (Å²) in [5, 5.41) is 3.74. The highest BCUT2D eigenvalue weighted by Gasteiger charge is 2.37. The number of aryl methyl sites for hydroxylation is 2. The standard InChI is InChI=1S/C14H21N3/c1-10-5-7-15-11(2)14(10)16-12-6-9-17-8-3-4-13(12)17/h5,7,12-13,16H,3-4,6,8-9H2,1-2H3. The second-order valence-corrected chi connectivity index (χ2v) is 5.37. The summed E-state index contributed by atoms with van der Waals surface area (Å²) in [7, 11) is 0. The largest absolute Gasteiger partial charge is 0.379 e. The molecule has 17 heavy (non-hydrogen) atoms. The third kappa shape index (κ3) is 1.93. The molecular formula is C14H21N3. The van der Waals surface area contributed by atoms with Gasteiger partial charge in [0.25, 0.3) is 0 Å². The van der Waals surface area contributed by atoms with Crippen molar-refractivity contribution in [2.75, 3.05) is 18.4 Å². The first-order valence-electron chi connectivity index (χ1n) is 6.68. The third-order valence-corrected chi connectivity index (χ3v) is 4.28. The molecule has 1 N–H and O–H groups in total. The van der Waals surface area contributed by atoms with Crippen molar-refractivity contribution in [2.24, 2.45) is 0 Å². The van der Waals surface area contributed by atoms with Gasteiger partial charge in [0.15, 0.2) is 0 Å². The number of fused-ring (bicyclic) bond motifs is 1. The number of hydrogen-bond donors (Lipinski definition) is 1. The number of anilines is 1. The zero-order valence-corrected chi connectivity index (χ0v) is 10.7. The third-order valence-electron chi connectivity index (χ3n) is 4.28. The van der Waals surface area contributed by atoms with Gasteiger partial charge in [-0.05, 0) is 51.3 Å². The topological polar surface area (TPSA) is 28.2 Å². The van der Waals surface area contributed by atoms with Crippen LogP contribution < -0.4 is 5.32 Å². The van der Waals surface area contributed by atoms with Crippen LogP contribution in [0, 0.1) is 13.8 Å². The van der Waals surface area contributed by atoms with Gasteiger partial charge in [0, 0.05) is 24.8 Å². The van der Waals surface area contributed by atoms with E-state index in [9.17, 15) is 0 Å². The SMILES string of the molecule is Cc1ccnc(C)c1NC1CCN2CCCC12. The Kier molecular flexibility index (Phi) is 2.79. The molecule has 1 aromatic rings. The van der Waals surface area contributed by atoms with Crippen LogP contribution in [0.4, 0.5) is 5.69 Å². The molecule has 0 bridgehead atoms. The molecule has 0 aliphatic carbocycles. The van der Waals surface area contributed by atoms with Gasteiger partial charge in [0.2, 0.25) is 0 Å². The van der Waals surface area contributed by atoms with Crippen LogP contribution in [-0.4, -0.2) is 35.1 Å². The predicted molar refractivity (Wildman–Crippen MR) is 70.3 cm³/mol. The number of nitrogens with zero attached hydrogens (tertiary/aromatic N) is 2. The van der Waals surface area contributed by atoms with Crippen molar-refractivity contribution in [2.45, 2.75) is 45.2 Å². The molecule has 3 heterocycles. The molecule has 0 spiro atoms. The Morgan fingerprint density at radius 3 is 3.00 bits per heavy atom. The Hall–Kier alpha value is -1.09. The van der Waals surface area contributed by atoms with Gasteiger partial charge >= 0.3 is 0 Å². The average Bonchev–Trinajstić information content (AvgIpc) is 2.87. The van der Waals surface area contributed by atoms with E-state index in [1.54, 1.807) is 0 Å². The smallest absolute Gasteiger partial charge is 0.0606 e. The lowest BCUT2D eigenvalue weighted by molar-refractivity contribution is 0.318. The molecule has 0 saturated carbocycles. The van der Waals surface area contributed by atoms with Crippen molar-refractivity contribution in [3.05, 3.63) is 23.5 Å². The van der Waals surface area contributed by atoms with E-state index in [2.05, 4.69) is 35.1 Å². The van der Waals surface area contributed by atoms with Gasteiger partial charge in [-0.3, -0.25) is 9.88 Å². The van der Waals surface area contributed by atoms with Crippen molar-refractivity contribution in [1.29, 1.82) is 0 Å². The Labute approximate surface area is 103 Å². The molecule has 1 aromatic heterocycles. The van der Waals surface area contributed by atoms with Gasteiger partial charge in [0.05, 0.1) is 11.4 Å². The maximum absolute atomic E-state index is 4.39. The van der Waals surface area contributed by atoms with Crippen molar-refractivity contribution in [3.8, 4) is 0 Å². The molecular weight excluding hydrogens is 210 g/mol. The number of aromatic nitrogens is 1. The molecule has 0 radical (unpaired) electrons. The predicted octanol–water partition coefficient (Wildman–Crippen LogP) is 2.35. The van der Waals surface area contributed by atoms with E-state index in [0.29, 0.717) is 6.04 Å². The highest BCUT2D eigenvalue weighted by Crippen LogP contribution is 2.31. The Morgan fingerprint density at radius 1 is 1.29 bits per heavy atom. The van der Waals surface area contributed by atoms with Crippen LogP contribution in [0.2, 0.25) is 0 Å². The van der Waals surface area contributed by atoms with Gasteiger partial charge < -0.3 is 5.32 Å². The monoisotopic (exact) mass is 231 g/mol. The van der Waals surface area contributed by atoms with Gasteiger partial charge in [0.1, 0.15) is 0 Å². The van der Waals surface area contributed by atoms with Crippen LogP contribution in [0.25, 0.3) is 0 Å². The first kappa shape index (κ1) is 11.0. The molecule has 0 amide bonds. The van der Waals surface area contributed by atoms with E-state index in [1.165, 1.54) is 43.6 Å². The summed E-state index contributed by atoms with van der Waals surface area (Å²) in [4.78, 5) is 7.03. The number of nitrogens with one attached hydrogen (secondary N) is 1. The van der Waals surface area contributed by atoms with Gasteiger partial charge in [-0.1, -0.05) is 0 Å². The van der Waals surface area contributed by atoms with E-state index in [1.807, 2.05) is 6.20 Å². The zero-order chi connectivity index (χ0) is 11.8. The second kappa shape index (κ2) is 4.30. The first-order valence-corrected chi connectivity index (χ1v) is 6.68. The van der Waals surface area contributed by atoms with Crippen LogP contribution in [0.15, 0.2) is 12.3 Å². The summed E-state index contributed by atoms with van der Waals surface area (Å²) in [6.45, 7) is 6.82. The van der Waals surface area contributed by atoms with Gasteiger partial charge in [-0.15, -0.1) is 0 Å². The molecule has 0 aromatic carbocycles. The molecule has 2 saturated heterocycles. The minimum Gasteiger partial charge on any atom is -0.379 e. The fourth-order valence-corrected chi connectivity index (χ4v) is 3.35. The molecule has 2 fully saturated rings. The van der Waals surface area contributed by atoms with E-state index >= 15 is 0 Å². The highest BCUT2D eigenvalue weighted by atomic mass is 15.2. The molecule has 2 atom stereocenters. The molecule has 2 unspecified atom stereocenters.